The van der Waals surface area contributed by atoms with Gasteiger partial charge in [-0.15, -0.1) is 0 Å². The van der Waals surface area contributed by atoms with Gasteiger partial charge in [-0.05, 0) is 43.0 Å². The highest BCUT2D eigenvalue weighted by atomic mass is 32.2. The zero-order valence-electron chi connectivity index (χ0n) is 13.6. The van der Waals surface area contributed by atoms with Crippen LogP contribution in [0, 0.1) is 5.92 Å². The van der Waals surface area contributed by atoms with Crippen molar-refractivity contribution in [3.63, 3.8) is 0 Å². The summed E-state index contributed by atoms with van der Waals surface area (Å²) in [5, 5.41) is 0. The Kier molecular flexibility index (Phi) is 4.05. The zero-order valence-corrected chi connectivity index (χ0v) is 14.4. The average Bonchev–Trinajstić information content (AvgIpc) is 3.22. The van der Waals surface area contributed by atoms with Crippen LogP contribution in [0.15, 0.2) is 59.6 Å². The topological polar surface area (TPSA) is 79.4 Å². The van der Waals surface area contributed by atoms with Gasteiger partial charge in [0.2, 0.25) is 10.0 Å². The first kappa shape index (κ1) is 16.2. The number of sulfonamides is 1. The Labute approximate surface area is 146 Å². The van der Waals surface area contributed by atoms with Crippen LogP contribution in [0.5, 0.6) is 0 Å². The van der Waals surface area contributed by atoms with E-state index in [9.17, 15) is 13.2 Å². The van der Waals surface area contributed by atoms with Gasteiger partial charge in [-0.1, -0.05) is 24.3 Å². The van der Waals surface area contributed by atoms with Crippen LogP contribution in [-0.2, 0) is 10.0 Å². The van der Waals surface area contributed by atoms with Gasteiger partial charge in [0.1, 0.15) is 5.69 Å². The fourth-order valence-corrected chi connectivity index (χ4v) is 5.19. The molecule has 6 nitrogen and oxygen atoms in total. The van der Waals surface area contributed by atoms with E-state index in [-0.39, 0.29) is 28.8 Å². The average molecular weight is 357 g/mol. The molecule has 2 heterocycles. The summed E-state index contributed by atoms with van der Waals surface area (Å²) in [7, 11) is -3.52. The second-order valence-corrected chi connectivity index (χ2v) is 8.31. The summed E-state index contributed by atoms with van der Waals surface area (Å²) in [5.74, 6) is 0.0774. The number of piperidine rings is 1. The van der Waals surface area contributed by atoms with Gasteiger partial charge in [0.25, 0.3) is 5.91 Å². The lowest BCUT2D eigenvalue weighted by Gasteiger charge is -2.31. The van der Waals surface area contributed by atoms with Gasteiger partial charge in [-0.2, -0.15) is 0 Å². The van der Waals surface area contributed by atoms with Crippen molar-refractivity contribution in [3.05, 3.63) is 60.4 Å². The highest BCUT2D eigenvalue weighted by molar-refractivity contribution is 7.89. The van der Waals surface area contributed by atoms with E-state index in [4.69, 9.17) is 0 Å². The maximum absolute atomic E-state index is 12.6. The Morgan fingerprint density at radius 1 is 1.08 bits per heavy atom. The maximum atomic E-state index is 12.6. The molecule has 1 saturated heterocycles. The second-order valence-electron chi connectivity index (χ2n) is 6.60. The van der Waals surface area contributed by atoms with Crippen LogP contribution in [-0.4, -0.2) is 42.8 Å². The van der Waals surface area contributed by atoms with E-state index in [1.54, 1.807) is 54.7 Å². The molecule has 4 rings (SSSR count). The molecule has 1 aromatic carbocycles. The number of carbonyl (C=O) groups is 1. The minimum atomic E-state index is -3.52. The number of amides is 1. The van der Waals surface area contributed by atoms with Gasteiger partial charge in [0.15, 0.2) is 0 Å². The minimum absolute atomic E-state index is 0.0718. The molecule has 1 N–H and O–H groups in total. The van der Waals surface area contributed by atoms with E-state index in [1.165, 1.54) is 0 Å². The number of rotatable bonds is 4. The summed E-state index contributed by atoms with van der Waals surface area (Å²) >= 11 is 0. The highest BCUT2D eigenvalue weighted by Crippen LogP contribution is 2.39. The number of likely N-dealkylation sites (tertiary alicyclic amines) is 1. The molecule has 1 saturated carbocycles. The smallest absolute Gasteiger partial charge is 0.272 e. The van der Waals surface area contributed by atoms with Crippen molar-refractivity contribution in [1.82, 2.24) is 14.6 Å². The fourth-order valence-electron chi connectivity index (χ4n) is 3.85. The van der Waals surface area contributed by atoms with Crippen molar-refractivity contribution in [2.75, 3.05) is 6.54 Å². The molecule has 2 aliphatic rings. The number of nitrogens with zero attached hydrogens (tertiary/aromatic N) is 2. The monoisotopic (exact) mass is 357 g/mol. The minimum Gasteiger partial charge on any atom is -0.334 e. The zero-order chi connectivity index (χ0) is 17.4. The Morgan fingerprint density at radius 2 is 1.84 bits per heavy atom. The summed E-state index contributed by atoms with van der Waals surface area (Å²) in [4.78, 5) is 18.8. The van der Waals surface area contributed by atoms with Gasteiger partial charge in [0, 0.05) is 24.8 Å². The summed E-state index contributed by atoms with van der Waals surface area (Å²) in [6.45, 7) is 0.571. The molecule has 0 spiro atoms. The lowest BCUT2D eigenvalue weighted by Crippen LogP contribution is -2.47. The van der Waals surface area contributed by atoms with Crippen molar-refractivity contribution in [2.24, 2.45) is 5.92 Å². The largest absolute Gasteiger partial charge is 0.334 e. The summed E-state index contributed by atoms with van der Waals surface area (Å²) < 4.78 is 27.8. The summed E-state index contributed by atoms with van der Waals surface area (Å²) in [6.07, 6.45) is 3.09. The predicted molar refractivity (Wildman–Crippen MR) is 92.3 cm³/mol. The van der Waals surface area contributed by atoms with Gasteiger partial charge >= 0.3 is 0 Å². The summed E-state index contributed by atoms with van der Waals surface area (Å²) in [6, 6.07) is 13.6. The molecule has 0 unspecified atom stereocenters. The van der Waals surface area contributed by atoms with Crippen LogP contribution in [0.4, 0.5) is 0 Å². The lowest BCUT2D eigenvalue weighted by molar-refractivity contribution is 0.0685. The van der Waals surface area contributed by atoms with Gasteiger partial charge in [-0.25, -0.2) is 13.1 Å². The Balaban J connectivity index is 1.44. The van der Waals surface area contributed by atoms with Crippen LogP contribution in [0.3, 0.4) is 0 Å². The molecule has 2 aromatic rings. The molecule has 3 atom stereocenters. The summed E-state index contributed by atoms with van der Waals surface area (Å²) in [5.41, 5.74) is 0.441. The molecule has 7 heteroatoms. The van der Waals surface area contributed by atoms with E-state index in [0.29, 0.717) is 18.7 Å². The van der Waals surface area contributed by atoms with E-state index in [1.807, 2.05) is 4.90 Å². The first-order valence-corrected chi connectivity index (χ1v) is 9.82. The third-order valence-electron chi connectivity index (χ3n) is 5.05. The lowest BCUT2D eigenvalue weighted by atomic mass is 10.0. The Bertz CT molecular complexity index is 871. The molecular formula is C18H19N3O3S. The van der Waals surface area contributed by atoms with Crippen molar-refractivity contribution in [2.45, 2.75) is 29.8 Å². The van der Waals surface area contributed by atoms with Crippen LogP contribution >= 0.6 is 0 Å². The van der Waals surface area contributed by atoms with E-state index in [0.717, 1.165) is 6.42 Å². The molecular weight excluding hydrogens is 338 g/mol. The molecule has 130 valence electrons. The number of benzene rings is 1. The number of pyridine rings is 1. The number of nitrogens with one attached hydrogen (secondary N) is 1. The third kappa shape index (κ3) is 3.05. The van der Waals surface area contributed by atoms with Gasteiger partial charge < -0.3 is 4.90 Å². The van der Waals surface area contributed by atoms with Crippen molar-refractivity contribution in [1.29, 1.82) is 0 Å². The standard InChI is InChI=1S/C18H19N3O3S/c22-18(16-8-4-5-9-19-16)21-12-13-10-14(21)11-17(13)20-25(23,24)15-6-2-1-3-7-15/h1-9,13-14,17,20H,10-12H2/t13-,14-,17-/m0/s1. The molecule has 1 aromatic heterocycles. The molecule has 2 bridgehead atoms. The van der Waals surface area contributed by atoms with Crippen molar-refractivity contribution >= 4 is 15.9 Å². The second kappa shape index (κ2) is 6.24. The van der Waals surface area contributed by atoms with Gasteiger partial charge in [0.05, 0.1) is 4.90 Å². The molecule has 1 aliphatic carbocycles. The SMILES string of the molecule is O=C(c1ccccn1)N1C[C@@H]2C[C@H]1C[C@@H]2NS(=O)(=O)c1ccccc1. The number of hydrogen-bond donors (Lipinski definition) is 1. The quantitative estimate of drug-likeness (QED) is 0.903. The molecule has 0 radical (unpaired) electrons. The molecule has 1 aliphatic heterocycles. The number of aromatic nitrogens is 1. The number of carbonyl (C=O) groups excluding carboxylic acids is 1. The molecule has 25 heavy (non-hydrogen) atoms. The molecule has 1 amide bonds. The van der Waals surface area contributed by atoms with Crippen LogP contribution < -0.4 is 4.72 Å². The first-order chi connectivity index (χ1) is 12.0. The number of hydrogen-bond acceptors (Lipinski definition) is 4. The first-order valence-electron chi connectivity index (χ1n) is 8.34. The van der Waals surface area contributed by atoms with E-state index >= 15 is 0 Å². The predicted octanol–water partition coefficient (Wildman–Crippen LogP) is 1.66. The van der Waals surface area contributed by atoms with Gasteiger partial charge in [-0.3, -0.25) is 9.78 Å². The fraction of sp³-hybridized carbons (Fsp3) is 0.333. The highest BCUT2D eigenvalue weighted by Gasteiger charge is 2.47. The Hall–Kier alpha value is -2.25. The van der Waals surface area contributed by atoms with Crippen molar-refractivity contribution in [3.8, 4) is 0 Å². The normalized spacial score (nSPS) is 25.3. The van der Waals surface area contributed by atoms with Crippen LogP contribution in [0.2, 0.25) is 0 Å². The Morgan fingerprint density at radius 3 is 2.48 bits per heavy atom. The third-order valence-corrected chi connectivity index (χ3v) is 6.55. The number of fused-ring (bicyclic) bond motifs is 2. The van der Waals surface area contributed by atoms with Crippen LogP contribution in [0.25, 0.3) is 0 Å². The van der Waals surface area contributed by atoms with E-state index in [2.05, 4.69) is 9.71 Å². The van der Waals surface area contributed by atoms with Crippen LogP contribution in [0.1, 0.15) is 23.3 Å². The molecule has 2 fully saturated rings. The van der Waals surface area contributed by atoms with E-state index < -0.39 is 10.0 Å². The van der Waals surface area contributed by atoms with Crippen molar-refractivity contribution < 1.29 is 13.2 Å². The maximum Gasteiger partial charge on any atom is 0.272 e.